The number of nitrogens with one attached hydrogen (secondary N) is 1. The molecular weight excluding hydrogens is 423 g/mol. The molecular formula is C19H14ClFN2O5S. The molecule has 2 aromatic carbocycles. The van der Waals surface area contributed by atoms with E-state index in [2.05, 4.69) is 5.32 Å². The second-order valence-electron chi connectivity index (χ2n) is 5.88. The summed E-state index contributed by atoms with van der Waals surface area (Å²) >= 11 is 6.35. The zero-order chi connectivity index (χ0) is 21.1. The fraction of sp³-hybridized carbons (Fsp3) is 0.105. The third-order valence-corrected chi connectivity index (χ3v) is 5.08. The van der Waals surface area contributed by atoms with Crippen LogP contribution in [0.15, 0.2) is 41.3 Å². The van der Waals surface area contributed by atoms with E-state index in [1.165, 1.54) is 37.5 Å². The van der Waals surface area contributed by atoms with Crippen LogP contribution in [0.4, 0.5) is 14.9 Å². The molecule has 1 aliphatic heterocycles. The van der Waals surface area contributed by atoms with Gasteiger partial charge >= 0.3 is 0 Å². The number of aromatic hydroxyl groups is 1. The minimum absolute atomic E-state index is 0.0599. The number of nitrogens with zero attached hydrogens (tertiary/aromatic N) is 1. The first-order valence-corrected chi connectivity index (χ1v) is 9.35. The van der Waals surface area contributed by atoms with E-state index < -0.39 is 29.4 Å². The fourth-order valence-electron chi connectivity index (χ4n) is 2.49. The Labute approximate surface area is 174 Å². The minimum atomic E-state index is -0.637. The first-order chi connectivity index (χ1) is 13.8. The number of halogens is 2. The SMILES string of the molecule is COc1cc(/C=C2/SC(=O)N(CC(=O)Nc3ccc(F)c(Cl)c3)C2=O)ccc1O. The maximum Gasteiger partial charge on any atom is 0.294 e. The Morgan fingerprint density at radius 3 is 2.76 bits per heavy atom. The average Bonchev–Trinajstić information content (AvgIpc) is 2.93. The predicted octanol–water partition coefficient (Wildman–Crippen LogP) is 3.87. The molecule has 1 heterocycles. The van der Waals surface area contributed by atoms with Crippen molar-refractivity contribution in [3.63, 3.8) is 0 Å². The topological polar surface area (TPSA) is 95.9 Å². The van der Waals surface area contributed by atoms with E-state index in [-0.39, 0.29) is 27.1 Å². The van der Waals surface area contributed by atoms with Crippen LogP contribution >= 0.6 is 23.4 Å². The molecule has 0 saturated carbocycles. The Balaban J connectivity index is 1.71. The highest BCUT2D eigenvalue weighted by atomic mass is 35.5. The van der Waals surface area contributed by atoms with Crippen molar-refractivity contribution in [3.8, 4) is 11.5 Å². The maximum atomic E-state index is 13.2. The van der Waals surface area contributed by atoms with Crippen LogP contribution in [-0.2, 0) is 9.59 Å². The third kappa shape index (κ3) is 4.69. The molecule has 2 N–H and O–H groups in total. The van der Waals surface area contributed by atoms with E-state index in [1.807, 2.05) is 0 Å². The average molecular weight is 437 g/mol. The van der Waals surface area contributed by atoms with Gasteiger partial charge in [0.05, 0.1) is 17.0 Å². The van der Waals surface area contributed by atoms with Crippen molar-refractivity contribution in [1.82, 2.24) is 4.90 Å². The Kier molecular flexibility index (Phi) is 6.09. The lowest BCUT2D eigenvalue weighted by molar-refractivity contribution is -0.127. The van der Waals surface area contributed by atoms with E-state index in [4.69, 9.17) is 16.3 Å². The summed E-state index contributed by atoms with van der Waals surface area (Å²) in [5, 5.41) is 11.3. The van der Waals surface area contributed by atoms with Gasteiger partial charge in [-0.3, -0.25) is 19.3 Å². The van der Waals surface area contributed by atoms with Gasteiger partial charge in [0, 0.05) is 5.69 Å². The van der Waals surface area contributed by atoms with Gasteiger partial charge in [0.15, 0.2) is 11.5 Å². The number of thioether (sulfide) groups is 1. The summed E-state index contributed by atoms with van der Waals surface area (Å²) in [7, 11) is 1.39. The number of carbonyl (C=O) groups is 3. The van der Waals surface area contributed by atoms with Crippen LogP contribution in [0.2, 0.25) is 5.02 Å². The molecule has 0 unspecified atom stereocenters. The van der Waals surface area contributed by atoms with E-state index in [0.29, 0.717) is 17.3 Å². The van der Waals surface area contributed by atoms with Crippen LogP contribution in [0, 0.1) is 5.82 Å². The van der Waals surface area contributed by atoms with Crippen molar-refractivity contribution in [2.75, 3.05) is 19.0 Å². The number of methoxy groups -OCH3 is 1. The highest BCUT2D eigenvalue weighted by molar-refractivity contribution is 8.18. The molecule has 0 spiro atoms. The minimum Gasteiger partial charge on any atom is -0.504 e. The largest absolute Gasteiger partial charge is 0.504 e. The lowest BCUT2D eigenvalue weighted by atomic mass is 10.2. The van der Waals surface area contributed by atoms with Gasteiger partial charge in [-0.05, 0) is 53.7 Å². The molecule has 1 aliphatic rings. The molecule has 3 rings (SSSR count). The first kappa shape index (κ1) is 20.7. The summed E-state index contributed by atoms with van der Waals surface area (Å²) < 4.78 is 18.2. The summed E-state index contributed by atoms with van der Waals surface area (Å²) in [6, 6.07) is 8.08. The highest BCUT2D eigenvalue weighted by Crippen LogP contribution is 2.34. The Morgan fingerprint density at radius 1 is 1.31 bits per heavy atom. The van der Waals surface area contributed by atoms with E-state index in [1.54, 1.807) is 6.07 Å². The van der Waals surface area contributed by atoms with Gasteiger partial charge in [-0.2, -0.15) is 0 Å². The number of imide groups is 1. The Morgan fingerprint density at radius 2 is 2.07 bits per heavy atom. The molecule has 1 saturated heterocycles. The number of ether oxygens (including phenoxy) is 1. The van der Waals surface area contributed by atoms with Gasteiger partial charge in [0.2, 0.25) is 5.91 Å². The second-order valence-corrected chi connectivity index (χ2v) is 7.28. The van der Waals surface area contributed by atoms with Crippen molar-refractivity contribution in [2.45, 2.75) is 0 Å². The zero-order valence-electron chi connectivity index (χ0n) is 14.9. The van der Waals surface area contributed by atoms with Crippen molar-refractivity contribution in [1.29, 1.82) is 0 Å². The molecule has 0 bridgehead atoms. The van der Waals surface area contributed by atoms with Crippen LogP contribution in [0.5, 0.6) is 11.5 Å². The molecule has 7 nitrogen and oxygen atoms in total. The molecule has 10 heteroatoms. The van der Waals surface area contributed by atoms with Crippen molar-refractivity contribution in [2.24, 2.45) is 0 Å². The number of benzene rings is 2. The Bertz CT molecular complexity index is 1040. The van der Waals surface area contributed by atoms with Crippen molar-refractivity contribution < 1.29 is 28.6 Å². The molecule has 150 valence electrons. The monoisotopic (exact) mass is 436 g/mol. The maximum absolute atomic E-state index is 13.2. The predicted molar refractivity (Wildman–Crippen MR) is 107 cm³/mol. The molecule has 29 heavy (non-hydrogen) atoms. The lowest BCUT2D eigenvalue weighted by Gasteiger charge is -2.12. The van der Waals surface area contributed by atoms with Gasteiger partial charge in [-0.25, -0.2) is 4.39 Å². The van der Waals surface area contributed by atoms with Crippen molar-refractivity contribution >= 4 is 52.2 Å². The summed E-state index contributed by atoms with van der Waals surface area (Å²) in [6.07, 6.45) is 1.46. The quantitative estimate of drug-likeness (QED) is 0.691. The zero-order valence-corrected chi connectivity index (χ0v) is 16.5. The van der Waals surface area contributed by atoms with Crippen LogP contribution < -0.4 is 10.1 Å². The molecule has 0 aromatic heterocycles. The van der Waals surface area contributed by atoms with Gasteiger partial charge in [0.1, 0.15) is 12.4 Å². The summed E-state index contributed by atoms with van der Waals surface area (Å²) in [5.41, 5.74) is 0.774. The number of anilines is 1. The molecule has 3 amide bonds. The van der Waals surface area contributed by atoms with Gasteiger partial charge in [-0.15, -0.1) is 0 Å². The lowest BCUT2D eigenvalue weighted by Crippen LogP contribution is -2.36. The first-order valence-electron chi connectivity index (χ1n) is 8.15. The van der Waals surface area contributed by atoms with E-state index in [0.717, 1.165) is 11.0 Å². The standard InChI is InChI=1S/C19H14ClFN2O5S/c1-28-15-6-10(2-5-14(15)24)7-16-18(26)23(19(27)29-16)9-17(25)22-11-3-4-13(21)12(20)8-11/h2-8,24H,9H2,1H3,(H,22,25)/b16-7+. The number of carbonyl (C=O) groups excluding carboxylic acids is 3. The number of rotatable bonds is 5. The van der Waals surface area contributed by atoms with Crippen LogP contribution in [0.1, 0.15) is 5.56 Å². The molecule has 2 aromatic rings. The van der Waals surface area contributed by atoms with Crippen LogP contribution in [-0.4, -0.2) is 40.7 Å². The van der Waals surface area contributed by atoms with E-state index >= 15 is 0 Å². The Hall–Kier alpha value is -3.04. The number of hydrogen-bond acceptors (Lipinski definition) is 6. The second kappa shape index (κ2) is 8.54. The summed E-state index contributed by atoms with van der Waals surface area (Å²) in [6.45, 7) is -0.504. The number of hydrogen-bond donors (Lipinski definition) is 2. The summed E-state index contributed by atoms with van der Waals surface area (Å²) in [4.78, 5) is 37.8. The molecule has 0 atom stereocenters. The normalized spacial score (nSPS) is 15.1. The molecule has 0 aliphatic carbocycles. The highest BCUT2D eigenvalue weighted by Gasteiger charge is 2.36. The number of phenolic OH excluding ortho intramolecular Hbond substituents is 1. The third-order valence-electron chi connectivity index (χ3n) is 3.88. The van der Waals surface area contributed by atoms with Crippen LogP contribution in [0.25, 0.3) is 6.08 Å². The van der Waals surface area contributed by atoms with Crippen LogP contribution in [0.3, 0.4) is 0 Å². The van der Waals surface area contributed by atoms with Gasteiger partial charge in [-0.1, -0.05) is 17.7 Å². The smallest absolute Gasteiger partial charge is 0.294 e. The summed E-state index contributed by atoms with van der Waals surface area (Å²) in [5.74, 6) is -1.74. The van der Waals surface area contributed by atoms with Crippen molar-refractivity contribution in [3.05, 3.63) is 57.7 Å². The molecule has 1 fully saturated rings. The van der Waals surface area contributed by atoms with Gasteiger partial charge < -0.3 is 15.2 Å². The van der Waals surface area contributed by atoms with E-state index in [9.17, 15) is 23.9 Å². The van der Waals surface area contributed by atoms with Gasteiger partial charge in [0.25, 0.3) is 11.1 Å². The molecule has 0 radical (unpaired) electrons. The fourth-order valence-corrected chi connectivity index (χ4v) is 3.51. The number of phenols is 1. The number of amides is 3.